The van der Waals surface area contributed by atoms with Crippen molar-refractivity contribution in [1.82, 2.24) is 0 Å². The van der Waals surface area contributed by atoms with Crippen molar-refractivity contribution >= 4 is 5.69 Å². The molecule has 0 radical (unpaired) electrons. The van der Waals surface area contributed by atoms with Crippen LogP contribution in [-0.2, 0) is 0 Å². The molecule has 1 heterocycles. The summed E-state index contributed by atoms with van der Waals surface area (Å²) >= 11 is 0. The van der Waals surface area contributed by atoms with Gasteiger partial charge in [-0.15, -0.1) is 0 Å². The summed E-state index contributed by atoms with van der Waals surface area (Å²) in [5.41, 5.74) is 7.64. The number of nitro benzene ring substituents is 1. The second-order valence-electron chi connectivity index (χ2n) is 4.47. The molecule has 0 amide bonds. The van der Waals surface area contributed by atoms with Crippen molar-refractivity contribution in [3.05, 3.63) is 51.8 Å². The van der Waals surface area contributed by atoms with Crippen LogP contribution >= 0.6 is 0 Å². The van der Waals surface area contributed by atoms with E-state index in [9.17, 15) is 10.1 Å². The largest absolute Gasteiger partial charge is 0.459 e. The van der Waals surface area contributed by atoms with Crippen LogP contribution < -0.4 is 5.73 Å². The van der Waals surface area contributed by atoms with Gasteiger partial charge in [-0.1, -0.05) is 6.92 Å². The fraction of sp³-hybridized carbons (Fsp3) is 0.286. The zero-order valence-electron chi connectivity index (χ0n) is 10.9. The lowest BCUT2D eigenvalue weighted by Crippen LogP contribution is -2.06. The highest BCUT2D eigenvalue weighted by molar-refractivity contribution is 5.64. The maximum absolute atomic E-state index is 10.7. The number of benzene rings is 1. The highest BCUT2D eigenvalue weighted by Gasteiger charge is 2.14. The Morgan fingerprint density at radius 1 is 1.37 bits per heavy atom. The predicted molar refractivity (Wildman–Crippen MR) is 72.8 cm³/mol. The Labute approximate surface area is 111 Å². The number of aryl methyl sites for hydroxylation is 1. The lowest BCUT2D eigenvalue weighted by Gasteiger charge is -2.05. The minimum Gasteiger partial charge on any atom is -0.459 e. The highest BCUT2D eigenvalue weighted by Crippen LogP contribution is 2.30. The first kappa shape index (κ1) is 13.3. The van der Waals surface area contributed by atoms with Crippen molar-refractivity contribution in [2.75, 3.05) is 0 Å². The second-order valence-corrected chi connectivity index (χ2v) is 4.47. The van der Waals surface area contributed by atoms with Crippen molar-refractivity contribution in [1.29, 1.82) is 0 Å². The van der Waals surface area contributed by atoms with Crippen LogP contribution in [0.4, 0.5) is 5.69 Å². The monoisotopic (exact) mass is 260 g/mol. The van der Waals surface area contributed by atoms with Crippen molar-refractivity contribution in [3.8, 4) is 11.3 Å². The molecule has 19 heavy (non-hydrogen) atoms. The molecule has 100 valence electrons. The quantitative estimate of drug-likeness (QED) is 0.672. The summed E-state index contributed by atoms with van der Waals surface area (Å²) in [5.74, 6) is 1.42. The number of hydrogen-bond donors (Lipinski definition) is 1. The molecular weight excluding hydrogens is 244 g/mol. The molecule has 5 nitrogen and oxygen atoms in total. The van der Waals surface area contributed by atoms with Gasteiger partial charge in [0.05, 0.1) is 11.0 Å². The molecule has 1 unspecified atom stereocenters. The zero-order valence-corrected chi connectivity index (χ0v) is 10.9. The Morgan fingerprint density at radius 2 is 2.11 bits per heavy atom. The van der Waals surface area contributed by atoms with Crippen LogP contribution in [0, 0.1) is 17.0 Å². The molecule has 0 fully saturated rings. The third-order valence-electron chi connectivity index (χ3n) is 3.12. The highest BCUT2D eigenvalue weighted by atomic mass is 16.6. The van der Waals surface area contributed by atoms with Gasteiger partial charge in [0.1, 0.15) is 11.5 Å². The van der Waals surface area contributed by atoms with Crippen molar-refractivity contribution < 1.29 is 9.34 Å². The van der Waals surface area contributed by atoms with Crippen LogP contribution in [0.5, 0.6) is 0 Å². The fourth-order valence-corrected chi connectivity index (χ4v) is 1.94. The number of nitro groups is 1. The van der Waals surface area contributed by atoms with Gasteiger partial charge in [0.2, 0.25) is 0 Å². The molecule has 0 saturated heterocycles. The molecule has 2 N–H and O–H groups in total. The van der Waals surface area contributed by atoms with E-state index in [-0.39, 0.29) is 11.7 Å². The lowest BCUT2D eigenvalue weighted by molar-refractivity contribution is -0.384. The molecular formula is C14H16N2O3. The standard InChI is InChI=1S/C14H16N2O3/c1-3-12(15)14-7-6-13(19-14)11-5-4-10(16(17)18)8-9(11)2/h4-8,12H,3,15H2,1-2H3. The van der Waals surface area contributed by atoms with E-state index in [2.05, 4.69) is 0 Å². The molecule has 0 aliphatic rings. The maximum Gasteiger partial charge on any atom is 0.269 e. The fourth-order valence-electron chi connectivity index (χ4n) is 1.94. The summed E-state index contributed by atoms with van der Waals surface area (Å²) in [4.78, 5) is 10.3. The van der Waals surface area contributed by atoms with Crippen LogP contribution in [0.2, 0.25) is 0 Å². The van der Waals surface area contributed by atoms with E-state index in [0.717, 1.165) is 23.3 Å². The van der Waals surface area contributed by atoms with E-state index in [4.69, 9.17) is 10.2 Å². The van der Waals surface area contributed by atoms with Gasteiger partial charge in [-0.3, -0.25) is 10.1 Å². The van der Waals surface area contributed by atoms with Crippen molar-refractivity contribution in [2.45, 2.75) is 26.3 Å². The zero-order chi connectivity index (χ0) is 14.0. The average molecular weight is 260 g/mol. The van der Waals surface area contributed by atoms with Gasteiger partial charge in [-0.25, -0.2) is 0 Å². The summed E-state index contributed by atoms with van der Waals surface area (Å²) in [7, 11) is 0. The van der Waals surface area contributed by atoms with E-state index < -0.39 is 4.92 Å². The molecule has 0 saturated carbocycles. The number of furan rings is 1. The van der Waals surface area contributed by atoms with Crippen molar-refractivity contribution in [2.24, 2.45) is 5.73 Å². The van der Waals surface area contributed by atoms with Crippen molar-refractivity contribution in [3.63, 3.8) is 0 Å². The molecule has 1 atom stereocenters. The van der Waals surface area contributed by atoms with Gasteiger partial charge in [-0.05, 0) is 37.1 Å². The molecule has 0 bridgehead atoms. The normalized spacial score (nSPS) is 12.4. The van der Waals surface area contributed by atoms with Crippen LogP contribution in [0.15, 0.2) is 34.7 Å². The second kappa shape index (κ2) is 5.24. The van der Waals surface area contributed by atoms with Crippen LogP contribution in [0.25, 0.3) is 11.3 Å². The average Bonchev–Trinajstić information content (AvgIpc) is 2.87. The van der Waals surface area contributed by atoms with E-state index >= 15 is 0 Å². The molecule has 2 rings (SSSR count). The summed E-state index contributed by atoms with van der Waals surface area (Å²) in [5, 5.41) is 10.7. The first-order valence-electron chi connectivity index (χ1n) is 6.13. The first-order chi connectivity index (χ1) is 9.02. The van der Waals surface area contributed by atoms with E-state index in [0.29, 0.717) is 5.76 Å². The number of non-ortho nitro benzene ring substituents is 1. The van der Waals surface area contributed by atoms with Gasteiger partial charge in [0.15, 0.2) is 0 Å². The van der Waals surface area contributed by atoms with Crippen LogP contribution in [0.1, 0.15) is 30.7 Å². The summed E-state index contributed by atoms with van der Waals surface area (Å²) in [6.07, 6.45) is 0.798. The first-order valence-corrected chi connectivity index (χ1v) is 6.13. The molecule has 1 aromatic heterocycles. The minimum absolute atomic E-state index is 0.0817. The van der Waals surface area contributed by atoms with Gasteiger partial charge < -0.3 is 10.2 Å². The topological polar surface area (TPSA) is 82.3 Å². The summed E-state index contributed by atoms with van der Waals surface area (Å²) < 4.78 is 5.71. The molecule has 2 aromatic rings. The van der Waals surface area contributed by atoms with Gasteiger partial charge in [0, 0.05) is 17.7 Å². The number of nitrogens with zero attached hydrogens (tertiary/aromatic N) is 1. The van der Waals surface area contributed by atoms with Gasteiger partial charge >= 0.3 is 0 Å². The Kier molecular flexibility index (Phi) is 3.66. The number of nitrogens with two attached hydrogens (primary N) is 1. The minimum atomic E-state index is -0.405. The summed E-state index contributed by atoms with van der Waals surface area (Å²) in [6, 6.07) is 8.30. The number of hydrogen-bond acceptors (Lipinski definition) is 4. The summed E-state index contributed by atoms with van der Waals surface area (Å²) in [6.45, 7) is 3.81. The van der Waals surface area contributed by atoms with Crippen LogP contribution in [-0.4, -0.2) is 4.92 Å². The predicted octanol–water partition coefficient (Wildman–Crippen LogP) is 3.57. The third kappa shape index (κ3) is 2.66. The molecule has 0 aliphatic heterocycles. The lowest BCUT2D eigenvalue weighted by atomic mass is 10.1. The SMILES string of the molecule is CCC(N)c1ccc(-c2ccc([N+](=O)[O-])cc2C)o1. The molecule has 1 aromatic carbocycles. The Hall–Kier alpha value is -2.14. The van der Waals surface area contributed by atoms with Gasteiger partial charge in [0.25, 0.3) is 5.69 Å². The van der Waals surface area contributed by atoms with E-state index in [1.165, 1.54) is 12.1 Å². The maximum atomic E-state index is 10.7. The van der Waals surface area contributed by atoms with Gasteiger partial charge in [-0.2, -0.15) is 0 Å². The Bertz CT molecular complexity index is 604. The Morgan fingerprint density at radius 3 is 2.68 bits per heavy atom. The smallest absolute Gasteiger partial charge is 0.269 e. The number of rotatable bonds is 4. The van der Waals surface area contributed by atoms with Crippen LogP contribution in [0.3, 0.4) is 0 Å². The Balaban J connectivity index is 2.37. The third-order valence-corrected chi connectivity index (χ3v) is 3.12. The molecule has 5 heteroatoms. The van der Waals surface area contributed by atoms with E-state index in [1.807, 2.05) is 26.0 Å². The molecule has 0 spiro atoms. The molecule has 0 aliphatic carbocycles. The van der Waals surface area contributed by atoms with E-state index in [1.54, 1.807) is 6.07 Å².